The van der Waals surface area contributed by atoms with Crippen LogP contribution in [0, 0.1) is 5.82 Å². The van der Waals surface area contributed by atoms with Gasteiger partial charge in [-0.2, -0.15) is 0 Å². The summed E-state index contributed by atoms with van der Waals surface area (Å²) < 4.78 is 13.2. The average molecular weight is 165 g/mol. The first kappa shape index (κ1) is 7.74. The molecule has 0 aromatic heterocycles. The van der Waals surface area contributed by atoms with Gasteiger partial charge in [0.2, 0.25) is 0 Å². The SMILES string of the molecule is NCc1c(F)cccc1C1CC1. The number of halogens is 1. The van der Waals surface area contributed by atoms with Gasteiger partial charge in [0.25, 0.3) is 0 Å². The van der Waals surface area contributed by atoms with E-state index in [4.69, 9.17) is 5.73 Å². The van der Waals surface area contributed by atoms with Crippen LogP contribution in [0.1, 0.15) is 29.9 Å². The first-order chi connectivity index (χ1) is 5.83. The van der Waals surface area contributed by atoms with Gasteiger partial charge in [-0.25, -0.2) is 4.39 Å². The molecule has 1 fully saturated rings. The third-order valence-electron chi connectivity index (χ3n) is 2.38. The summed E-state index contributed by atoms with van der Waals surface area (Å²) in [5.74, 6) is 0.432. The molecule has 12 heavy (non-hydrogen) atoms. The lowest BCUT2D eigenvalue weighted by molar-refractivity contribution is 0.607. The highest BCUT2D eigenvalue weighted by atomic mass is 19.1. The summed E-state index contributed by atoms with van der Waals surface area (Å²) in [7, 11) is 0. The van der Waals surface area contributed by atoms with Gasteiger partial charge in [-0.05, 0) is 30.4 Å². The minimum atomic E-state index is -0.151. The van der Waals surface area contributed by atoms with Gasteiger partial charge in [-0.3, -0.25) is 0 Å². The highest BCUT2D eigenvalue weighted by Gasteiger charge is 2.26. The van der Waals surface area contributed by atoms with Gasteiger partial charge in [0.15, 0.2) is 0 Å². The average Bonchev–Trinajstić information content (AvgIpc) is 2.86. The molecule has 0 aliphatic heterocycles. The molecule has 0 radical (unpaired) electrons. The van der Waals surface area contributed by atoms with E-state index in [0.29, 0.717) is 18.0 Å². The molecule has 1 aromatic carbocycles. The minimum absolute atomic E-state index is 0.151. The predicted octanol–water partition coefficient (Wildman–Crippen LogP) is 2.16. The molecule has 0 bridgehead atoms. The molecule has 0 spiro atoms. The zero-order chi connectivity index (χ0) is 8.55. The molecule has 0 saturated heterocycles. The van der Waals surface area contributed by atoms with E-state index in [1.165, 1.54) is 18.9 Å². The van der Waals surface area contributed by atoms with Crippen molar-refractivity contribution < 1.29 is 4.39 Å². The second-order valence-corrected chi connectivity index (χ2v) is 3.29. The Bertz CT molecular complexity index is 292. The number of benzene rings is 1. The van der Waals surface area contributed by atoms with Gasteiger partial charge >= 0.3 is 0 Å². The van der Waals surface area contributed by atoms with E-state index in [-0.39, 0.29) is 5.82 Å². The Morgan fingerprint density at radius 2 is 2.17 bits per heavy atom. The van der Waals surface area contributed by atoms with Crippen molar-refractivity contribution in [1.29, 1.82) is 0 Å². The molecule has 0 amide bonds. The van der Waals surface area contributed by atoms with Crippen molar-refractivity contribution in [3.05, 3.63) is 35.1 Å². The molecule has 1 aromatic rings. The van der Waals surface area contributed by atoms with E-state index in [1.54, 1.807) is 6.07 Å². The van der Waals surface area contributed by atoms with Crippen LogP contribution in [0.4, 0.5) is 4.39 Å². The maximum Gasteiger partial charge on any atom is 0.127 e. The van der Waals surface area contributed by atoms with Crippen molar-refractivity contribution in [3.8, 4) is 0 Å². The summed E-state index contributed by atoms with van der Waals surface area (Å²) >= 11 is 0. The molecule has 1 nitrogen and oxygen atoms in total. The zero-order valence-electron chi connectivity index (χ0n) is 6.89. The number of nitrogens with two attached hydrogens (primary N) is 1. The molecule has 0 heterocycles. The largest absolute Gasteiger partial charge is 0.326 e. The zero-order valence-corrected chi connectivity index (χ0v) is 6.89. The van der Waals surface area contributed by atoms with Crippen molar-refractivity contribution in [1.82, 2.24) is 0 Å². The molecule has 2 N–H and O–H groups in total. The second-order valence-electron chi connectivity index (χ2n) is 3.29. The fraction of sp³-hybridized carbons (Fsp3) is 0.400. The van der Waals surface area contributed by atoms with E-state index in [9.17, 15) is 4.39 Å². The summed E-state index contributed by atoms with van der Waals surface area (Å²) in [6.07, 6.45) is 2.38. The van der Waals surface area contributed by atoms with Crippen LogP contribution < -0.4 is 5.73 Å². The Morgan fingerprint density at radius 1 is 1.42 bits per heavy atom. The number of rotatable bonds is 2. The standard InChI is InChI=1S/C10H12FN/c11-10-3-1-2-8(7-4-5-7)9(10)6-12/h1-3,7H,4-6,12H2. The quantitative estimate of drug-likeness (QED) is 0.714. The lowest BCUT2D eigenvalue weighted by atomic mass is 10.0. The summed E-state index contributed by atoms with van der Waals surface area (Å²) in [5, 5.41) is 0. The molecular formula is C10H12FN. The van der Waals surface area contributed by atoms with Crippen molar-refractivity contribution in [3.63, 3.8) is 0 Å². The summed E-state index contributed by atoms with van der Waals surface area (Å²) in [6, 6.07) is 5.24. The Kier molecular flexibility index (Phi) is 1.85. The molecule has 1 saturated carbocycles. The Hall–Kier alpha value is -0.890. The first-order valence-corrected chi connectivity index (χ1v) is 4.30. The third-order valence-corrected chi connectivity index (χ3v) is 2.38. The molecule has 0 unspecified atom stereocenters. The van der Waals surface area contributed by atoms with Crippen LogP contribution in [0.5, 0.6) is 0 Å². The monoisotopic (exact) mass is 165 g/mol. The van der Waals surface area contributed by atoms with Gasteiger partial charge in [-0.15, -0.1) is 0 Å². The van der Waals surface area contributed by atoms with Gasteiger partial charge in [0, 0.05) is 12.1 Å². The summed E-state index contributed by atoms with van der Waals surface area (Å²) in [4.78, 5) is 0. The molecule has 1 aliphatic carbocycles. The second kappa shape index (κ2) is 2.87. The lowest BCUT2D eigenvalue weighted by Gasteiger charge is -2.06. The maximum atomic E-state index is 13.2. The van der Waals surface area contributed by atoms with Crippen LogP contribution in [-0.4, -0.2) is 0 Å². The fourth-order valence-electron chi connectivity index (χ4n) is 1.57. The van der Waals surface area contributed by atoms with E-state index in [0.717, 1.165) is 5.56 Å². The highest BCUT2D eigenvalue weighted by Crippen LogP contribution is 2.41. The van der Waals surface area contributed by atoms with Crippen LogP contribution in [0.15, 0.2) is 18.2 Å². The molecule has 2 rings (SSSR count). The van der Waals surface area contributed by atoms with Gasteiger partial charge in [-0.1, -0.05) is 12.1 Å². The summed E-state index contributed by atoms with van der Waals surface area (Å²) in [6.45, 7) is 0.318. The molecule has 1 aliphatic rings. The molecule has 0 atom stereocenters. The van der Waals surface area contributed by atoms with Crippen molar-refractivity contribution in [2.75, 3.05) is 0 Å². The van der Waals surface area contributed by atoms with Gasteiger partial charge < -0.3 is 5.73 Å². The Morgan fingerprint density at radius 3 is 2.75 bits per heavy atom. The van der Waals surface area contributed by atoms with Crippen LogP contribution in [0.3, 0.4) is 0 Å². The van der Waals surface area contributed by atoms with Crippen LogP contribution in [-0.2, 0) is 6.54 Å². The van der Waals surface area contributed by atoms with Crippen molar-refractivity contribution in [2.24, 2.45) is 5.73 Å². The molecule has 2 heteroatoms. The molecule has 64 valence electrons. The Labute approximate surface area is 71.4 Å². The van der Waals surface area contributed by atoms with Crippen molar-refractivity contribution >= 4 is 0 Å². The third kappa shape index (κ3) is 1.23. The first-order valence-electron chi connectivity index (χ1n) is 4.30. The smallest absolute Gasteiger partial charge is 0.127 e. The van der Waals surface area contributed by atoms with E-state index >= 15 is 0 Å². The van der Waals surface area contributed by atoms with E-state index in [2.05, 4.69) is 0 Å². The highest BCUT2D eigenvalue weighted by molar-refractivity contribution is 5.34. The van der Waals surface area contributed by atoms with Crippen molar-refractivity contribution in [2.45, 2.75) is 25.3 Å². The van der Waals surface area contributed by atoms with Crippen LogP contribution in [0.25, 0.3) is 0 Å². The van der Waals surface area contributed by atoms with Gasteiger partial charge in [0.1, 0.15) is 5.82 Å². The van der Waals surface area contributed by atoms with E-state index < -0.39 is 0 Å². The van der Waals surface area contributed by atoms with E-state index in [1.807, 2.05) is 6.07 Å². The summed E-state index contributed by atoms with van der Waals surface area (Å²) in [5.41, 5.74) is 7.31. The minimum Gasteiger partial charge on any atom is -0.326 e. The topological polar surface area (TPSA) is 26.0 Å². The maximum absolute atomic E-state index is 13.2. The van der Waals surface area contributed by atoms with Crippen LogP contribution in [0.2, 0.25) is 0 Å². The lowest BCUT2D eigenvalue weighted by Crippen LogP contribution is -2.03. The van der Waals surface area contributed by atoms with Crippen LogP contribution >= 0.6 is 0 Å². The van der Waals surface area contributed by atoms with Gasteiger partial charge in [0.05, 0.1) is 0 Å². The fourth-order valence-corrected chi connectivity index (χ4v) is 1.57. The Balaban J connectivity index is 2.43. The predicted molar refractivity (Wildman–Crippen MR) is 46.3 cm³/mol. The number of hydrogen-bond donors (Lipinski definition) is 1. The normalized spacial score (nSPS) is 16.5. The number of hydrogen-bond acceptors (Lipinski definition) is 1. The molecular weight excluding hydrogens is 153 g/mol.